The molecule has 2 aromatic carbocycles. The maximum atomic E-state index is 12.6. The fraction of sp³-hybridized carbons (Fsp3) is 0. The van der Waals surface area contributed by atoms with Crippen molar-refractivity contribution < 1.29 is 14.0 Å². The Morgan fingerprint density at radius 3 is 2.60 bits per heavy atom. The summed E-state index contributed by atoms with van der Waals surface area (Å²) in [6.07, 6.45) is 3.12. The monoisotopic (exact) mass is 414 g/mol. The summed E-state index contributed by atoms with van der Waals surface area (Å²) in [5, 5.41) is 7.95. The zero-order valence-electron chi connectivity index (χ0n) is 15.5. The Morgan fingerprint density at radius 1 is 0.900 bits per heavy atom. The van der Waals surface area contributed by atoms with Crippen LogP contribution in [-0.4, -0.2) is 21.8 Å². The number of fused-ring (bicyclic) bond motifs is 2. The number of carbonyl (C=O) groups excluding carboxylic acids is 2. The van der Waals surface area contributed by atoms with Crippen LogP contribution in [-0.2, 0) is 0 Å². The molecule has 5 aromatic rings. The molecule has 0 aliphatic rings. The number of thiazole rings is 1. The highest BCUT2D eigenvalue weighted by Gasteiger charge is 2.13. The Kier molecular flexibility index (Phi) is 4.45. The summed E-state index contributed by atoms with van der Waals surface area (Å²) < 4.78 is 5.91. The molecule has 0 fully saturated rings. The van der Waals surface area contributed by atoms with Crippen LogP contribution in [0.25, 0.3) is 21.0 Å². The lowest BCUT2D eigenvalue weighted by molar-refractivity contribution is 0.0994. The van der Waals surface area contributed by atoms with Gasteiger partial charge in [-0.3, -0.25) is 19.9 Å². The molecule has 30 heavy (non-hydrogen) atoms. The Balaban J connectivity index is 1.35. The first-order valence-corrected chi connectivity index (χ1v) is 9.89. The van der Waals surface area contributed by atoms with Gasteiger partial charge in [-0.05, 0) is 41.8 Å². The average molecular weight is 414 g/mol. The lowest BCUT2D eigenvalue weighted by Gasteiger charge is -2.05. The summed E-state index contributed by atoms with van der Waals surface area (Å²) in [7, 11) is 0. The van der Waals surface area contributed by atoms with Crippen LogP contribution in [0, 0.1) is 0 Å². The highest BCUT2D eigenvalue weighted by atomic mass is 32.1. The van der Waals surface area contributed by atoms with Crippen LogP contribution in [0.4, 0.5) is 10.8 Å². The fourth-order valence-corrected chi connectivity index (χ4v) is 3.93. The molecular formula is C22H14N4O3S. The third-order valence-electron chi connectivity index (χ3n) is 4.48. The molecule has 0 aliphatic carbocycles. The SMILES string of the molecule is O=C(Nc1ccc2nc(NC(=O)c3ccco3)sc2c1)c1cc2ccccc2cn1. The van der Waals surface area contributed by atoms with Gasteiger partial charge >= 0.3 is 0 Å². The van der Waals surface area contributed by atoms with Crippen molar-refractivity contribution in [1.29, 1.82) is 0 Å². The van der Waals surface area contributed by atoms with E-state index in [0.717, 1.165) is 21.0 Å². The van der Waals surface area contributed by atoms with Gasteiger partial charge in [-0.1, -0.05) is 35.6 Å². The molecule has 0 atom stereocenters. The molecule has 0 saturated carbocycles. The quantitative estimate of drug-likeness (QED) is 0.434. The minimum Gasteiger partial charge on any atom is -0.459 e. The molecule has 146 valence electrons. The van der Waals surface area contributed by atoms with Crippen molar-refractivity contribution in [1.82, 2.24) is 9.97 Å². The molecule has 7 nitrogen and oxygen atoms in total. The Labute approximate surface area is 174 Å². The standard InChI is InChI=1S/C22H14N4O3S/c27-20(17-10-13-4-1-2-5-14(13)12-23-17)24-15-7-8-16-19(11-15)30-22(25-16)26-21(28)18-6-3-9-29-18/h1-12H,(H,24,27)(H,25,26,28). The zero-order chi connectivity index (χ0) is 20.5. The van der Waals surface area contributed by atoms with Crippen LogP contribution in [0.5, 0.6) is 0 Å². The topological polar surface area (TPSA) is 97.1 Å². The number of hydrogen-bond donors (Lipinski definition) is 2. The molecule has 2 amide bonds. The third-order valence-corrected chi connectivity index (χ3v) is 5.41. The van der Waals surface area contributed by atoms with Gasteiger partial charge in [0.2, 0.25) is 0 Å². The summed E-state index contributed by atoms with van der Waals surface area (Å²) in [6.45, 7) is 0. The molecule has 8 heteroatoms. The van der Waals surface area contributed by atoms with Crippen LogP contribution < -0.4 is 10.6 Å². The Hall–Kier alpha value is -4.04. The number of benzene rings is 2. The third kappa shape index (κ3) is 3.51. The van der Waals surface area contributed by atoms with E-state index in [0.29, 0.717) is 16.5 Å². The fourth-order valence-electron chi connectivity index (χ4n) is 3.03. The second-order valence-corrected chi connectivity index (χ2v) is 7.53. The molecule has 2 N–H and O–H groups in total. The summed E-state index contributed by atoms with van der Waals surface area (Å²) >= 11 is 1.31. The summed E-state index contributed by atoms with van der Waals surface area (Å²) in [5.41, 5.74) is 1.68. The van der Waals surface area contributed by atoms with Crippen molar-refractivity contribution in [3.05, 3.63) is 84.6 Å². The van der Waals surface area contributed by atoms with Gasteiger partial charge in [0.1, 0.15) is 5.69 Å². The predicted octanol–water partition coefficient (Wildman–Crippen LogP) is 4.94. The highest BCUT2D eigenvalue weighted by molar-refractivity contribution is 7.22. The van der Waals surface area contributed by atoms with Crippen molar-refractivity contribution in [3.8, 4) is 0 Å². The summed E-state index contributed by atoms with van der Waals surface area (Å²) in [5.74, 6) is -0.448. The Morgan fingerprint density at radius 2 is 1.77 bits per heavy atom. The van der Waals surface area contributed by atoms with E-state index < -0.39 is 0 Å². The van der Waals surface area contributed by atoms with Gasteiger partial charge in [-0.25, -0.2) is 4.98 Å². The number of hydrogen-bond acceptors (Lipinski definition) is 6. The smallest absolute Gasteiger partial charge is 0.293 e. The van der Waals surface area contributed by atoms with Crippen LogP contribution >= 0.6 is 11.3 Å². The van der Waals surface area contributed by atoms with Gasteiger partial charge in [0, 0.05) is 17.3 Å². The predicted molar refractivity (Wildman–Crippen MR) is 116 cm³/mol. The minimum absolute atomic E-state index is 0.213. The summed E-state index contributed by atoms with van der Waals surface area (Å²) in [6, 6.07) is 18.1. The van der Waals surface area contributed by atoms with E-state index in [1.807, 2.05) is 30.3 Å². The minimum atomic E-state index is -0.366. The maximum Gasteiger partial charge on any atom is 0.293 e. The second-order valence-electron chi connectivity index (χ2n) is 6.50. The number of aromatic nitrogens is 2. The van der Waals surface area contributed by atoms with Gasteiger partial charge in [-0.2, -0.15) is 0 Å². The number of carbonyl (C=O) groups is 2. The molecule has 0 saturated heterocycles. The molecule has 0 spiro atoms. The van der Waals surface area contributed by atoms with E-state index in [4.69, 9.17) is 4.42 Å². The average Bonchev–Trinajstić information content (AvgIpc) is 3.43. The van der Waals surface area contributed by atoms with E-state index >= 15 is 0 Å². The van der Waals surface area contributed by atoms with Crippen LogP contribution in [0.2, 0.25) is 0 Å². The molecular weight excluding hydrogens is 400 g/mol. The number of furan rings is 1. The first-order valence-electron chi connectivity index (χ1n) is 9.07. The first-order chi connectivity index (χ1) is 14.7. The van der Waals surface area contributed by atoms with E-state index in [-0.39, 0.29) is 17.6 Å². The number of pyridine rings is 1. The van der Waals surface area contributed by atoms with Gasteiger partial charge in [-0.15, -0.1) is 0 Å². The molecule has 5 rings (SSSR count). The molecule has 3 heterocycles. The number of anilines is 2. The van der Waals surface area contributed by atoms with Gasteiger partial charge in [0.15, 0.2) is 10.9 Å². The molecule has 0 unspecified atom stereocenters. The van der Waals surface area contributed by atoms with Gasteiger partial charge < -0.3 is 9.73 Å². The zero-order valence-corrected chi connectivity index (χ0v) is 16.3. The molecule has 0 radical (unpaired) electrons. The van der Waals surface area contributed by atoms with E-state index in [1.54, 1.807) is 36.5 Å². The van der Waals surface area contributed by atoms with Crippen molar-refractivity contribution in [2.75, 3.05) is 10.6 Å². The normalized spacial score (nSPS) is 10.9. The van der Waals surface area contributed by atoms with Crippen LogP contribution in [0.1, 0.15) is 21.0 Å². The highest BCUT2D eigenvalue weighted by Crippen LogP contribution is 2.29. The Bertz CT molecular complexity index is 1390. The largest absolute Gasteiger partial charge is 0.459 e. The van der Waals surface area contributed by atoms with Crippen molar-refractivity contribution >= 4 is 55.0 Å². The summed E-state index contributed by atoms with van der Waals surface area (Å²) in [4.78, 5) is 33.4. The second kappa shape index (κ2) is 7.41. The van der Waals surface area contributed by atoms with Gasteiger partial charge in [0.25, 0.3) is 11.8 Å². The number of nitrogens with one attached hydrogen (secondary N) is 2. The number of rotatable bonds is 4. The lowest BCUT2D eigenvalue weighted by Crippen LogP contribution is -2.13. The molecule has 0 bridgehead atoms. The molecule has 0 aliphatic heterocycles. The van der Waals surface area contributed by atoms with Crippen LogP contribution in [0.3, 0.4) is 0 Å². The van der Waals surface area contributed by atoms with E-state index in [9.17, 15) is 9.59 Å². The van der Waals surface area contributed by atoms with Crippen molar-refractivity contribution in [2.24, 2.45) is 0 Å². The number of nitrogens with zero attached hydrogens (tertiary/aromatic N) is 2. The first kappa shape index (κ1) is 18.0. The van der Waals surface area contributed by atoms with Crippen molar-refractivity contribution in [2.45, 2.75) is 0 Å². The van der Waals surface area contributed by atoms with Gasteiger partial charge in [0.05, 0.1) is 16.5 Å². The molecule has 3 aromatic heterocycles. The van der Waals surface area contributed by atoms with Crippen LogP contribution in [0.15, 0.2) is 77.5 Å². The lowest BCUT2D eigenvalue weighted by atomic mass is 10.1. The van der Waals surface area contributed by atoms with Crippen molar-refractivity contribution in [3.63, 3.8) is 0 Å². The van der Waals surface area contributed by atoms with E-state index in [2.05, 4.69) is 20.6 Å². The number of amides is 2. The van der Waals surface area contributed by atoms with E-state index in [1.165, 1.54) is 17.6 Å². The maximum absolute atomic E-state index is 12.6.